The smallest absolute Gasteiger partial charge is 0.376 e. The molecule has 18 heavy (non-hydrogen) atoms. The Hall–Kier alpha value is -2.17. The Labute approximate surface area is 105 Å². The molecule has 1 heterocycles. The third-order valence-electron chi connectivity index (χ3n) is 2.42. The van der Waals surface area contributed by atoms with Crippen molar-refractivity contribution in [3.05, 3.63) is 41.7 Å². The van der Waals surface area contributed by atoms with Gasteiger partial charge in [0.25, 0.3) is 0 Å². The second-order valence-electron chi connectivity index (χ2n) is 3.79. The molecule has 0 aliphatic heterocycles. The summed E-state index contributed by atoms with van der Waals surface area (Å²) in [6.07, 6.45) is 1.67. The number of aryl methyl sites for hydroxylation is 2. The van der Waals surface area contributed by atoms with Crippen LogP contribution in [0.3, 0.4) is 0 Å². The first-order valence-electron chi connectivity index (χ1n) is 5.85. The molecule has 0 unspecified atom stereocenters. The van der Waals surface area contributed by atoms with Gasteiger partial charge < -0.3 is 4.74 Å². The number of ether oxygens (including phenoxy) is 1. The lowest BCUT2D eigenvalue weighted by Gasteiger charge is -1.96. The molecule has 0 amide bonds. The van der Waals surface area contributed by atoms with Crippen molar-refractivity contribution >= 4 is 5.97 Å². The van der Waals surface area contributed by atoms with Crippen molar-refractivity contribution in [2.45, 2.75) is 26.2 Å². The van der Waals surface area contributed by atoms with E-state index >= 15 is 0 Å². The highest BCUT2D eigenvalue weighted by molar-refractivity contribution is 5.70. The standard InChI is InChI=1S/C13H14N2O3/c1-2-12(16)17-13-14-11(15-18-13)9-8-10-6-4-3-5-7-10/h3-7H,2,8-9H2,1H3. The molecule has 0 atom stereocenters. The first kappa shape index (κ1) is 12.3. The van der Waals surface area contributed by atoms with Crippen LogP contribution >= 0.6 is 0 Å². The number of carbonyl (C=O) groups excluding carboxylic acids is 1. The van der Waals surface area contributed by atoms with Crippen LogP contribution in [0.4, 0.5) is 0 Å². The molecule has 0 fully saturated rings. The summed E-state index contributed by atoms with van der Waals surface area (Å²) in [6.45, 7) is 1.70. The van der Waals surface area contributed by atoms with Crippen molar-refractivity contribution in [2.24, 2.45) is 0 Å². The van der Waals surface area contributed by atoms with Gasteiger partial charge in [0.15, 0.2) is 5.82 Å². The molecule has 0 radical (unpaired) electrons. The molecular weight excluding hydrogens is 232 g/mol. The van der Waals surface area contributed by atoms with E-state index in [1.54, 1.807) is 6.92 Å². The maximum atomic E-state index is 11.0. The Bertz CT molecular complexity index is 508. The van der Waals surface area contributed by atoms with Gasteiger partial charge in [-0.2, -0.15) is 4.98 Å². The summed E-state index contributed by atoms with van der Waals surface area (Å²) in [6, 6.07) is 10.0. The number of esters is 1. The lowest BCUT2D eigenvalue weighted by molar-refractivity contribution is -0.135. The van der Waals surface area contributed by atoms with E-state index in [1.165, 1.54) is 5.56 Å². The molecule has 0 bridgehead atoms. The van der Waals surface area contributed by atoms with Crippen LogP contribution < -0.4 is 4.74 Å². The number of carbonyl (C=O) groups is 1. The third kappa shape index (κ3) is 3.41. The zero-order valence-corrected chi connectivity index (χ0v) is 10.1. The van der Waals surface area contributed by atoms with Crippen LogP contribution in [0.5, 0.6) is 6.08 Å². The Morgan fingerprint density at radius 2 is 2.06 bits per heavy atom. The zero-order valence-electron chi connectivity index (χ0n) is 10.1. The third-order valence-corrected chi connectivity index (χ3v) is 2.42. The highest BCUT2D eigenvalue weighted by Crippen LogP contribution is 2.10. The largest absolute Gasteiger partial charge is 0.425 e. The second-order valence-corrected chi connectivity index (χ2v) is 3.79. The zero-order chi connectivity index (χ0) is 12.8. The Balaban J connectivity index is 1.89. The quantitative estimate of drug-likeness (QED) is 0.756. The molecule has 5 nitrogen and oxygen atoms in total. The Morgan fingerprint density at radius 1 is 1.28 bits per heavy atom. The van der Waals surface area contributed by atoms with E-state index in [2.05, 4.69) is 10.1 Å². The molecule has 5 heteroatoms. The van der Waals surface area contributed by atoms with Crippen LogP contribution in [-0.4, -0.2) is 16.1 Å². The molecule has 2 rings (SSSR count). The lowest BCUT2D eigenvalue weighted by Crippen LogP contribution is -2.05. The van der Waals surface area contributed by atoms with Gasteiger partial charge in [-0.25, -0.2) is 0 Å². The van der Waals surface area contributed by atoms with E-state index in [1.807, 2.05) is 30.3 Å². The number of benzene rings is 1. The second kappa shape index (κ2) is 5.95. The summed E-state index contributed by atoms with van der Waals surface area (Å²) < 4.78 is 9.64. The molecule has 0 aliphatic carbocycles. The minimum atomic E-state index is -0.381. The van der Waals surface area contributed by atoms with Crippen LogP contribution in [-0.2, 0) is 17.6 Å². The van der Waals surface area contributed by atoms with Crippen LogP contribution in [0.2, 0.25) is 0 Å². The minimum Gasteiger partial charge on any atom is -0.376 e. The Kier molecular flexibility index (Phi) is 4.06. The number of rotatable bonds is 5. The number of hydrogen-bond donors (Lipinski definition) is 0. The average Bonchev–Trinajstić information content (AvgIpc) is 2.85. The van der Waals surface area contributed by atoms with E-state index in [4.69, 9.17) is 9.26 Å². The van der Waals surface area contributed by atoms with E-state index in [9.17, 15) is 4.79 Å². The van der Waals surface area contributed by atoms with Gasteiger partial charge in [-0.3, -0.25) is 9.32 Å². The molecule has 94 valence electrons. The highest BCUT2D eigenvalue weighted by atomic mass is 16.7. The topological polar surface area (TPSA) is 65.2 Å². The average molecular weight is 246 g/mol. The van der Waals surface area contributed by atoms with E-state index in [0.29, 0.717) is 12.2 Å². The number of nitrogens with zero attached hydrogens (tertiary/aromatic N) is 2. The SMILES string of the molecule is CCC(=O)Oc1nc(CCc2ccccc2)no1. The van der Waals surface area contributed by atoms with E-state index < -0.39 is 0 Å². The molecule has 0 aliphatic rings. The fourth-order valence-corrected chi connectivity index (χ4v) is 1.45. The van der Waals surface area contributed by atoms with Crippen molar-refractivity contribution < 1.29 is 14.1 Å². The molecule has 1 aromatic carbocycles. The van der Waals surface area contributed by atoms with Gasteiger partial charge in [-0.1, -0.05) is 42.4 Å². The highest BCUT2D eigenvalue weighted by Gasteiger charge is 2.10. The van der Waals surface area contributed by atoms with Crippen molar-refractivity contribution in [3.63, 3.8) is 0 Å². The predicted molar refractivity (Wildman–Crippen MR) is 64.1 cm³/mol. The number of hydrogen-bond acceptors (Lipinski definition) is 5. The van der Waals surface area contributed by atoms with Crippen molar-refractivity contribution in [1.29, 1.82) is 0 Å². The van der Waals surface area contributed by atoms with Gasteiger partial charge in [0, 0.05) is 12.8 Å². The lowest BCUT2D eigenvalue weighted by atomic mass is 10.1. The molecular formula is C13H14N2O3. The van der Waals surface area contributed by atoms with Crippen molar-refractivity contribution in [2.75, 3.05) is 0 Å². The molecule has 0 saturated carbocycles. The summed E-state index contributed by atoms with van der Waals surface area (Å²) >= 11 is 0. The van der Waals surface area contributed by atoms with Crippen molar-refractivity contribution in [3.8, 4) is 6.08 Å². The summed E-state index contributed by atoms with van der Waals surface area (Å²) in [5.41, 5.74) is 1.20. The molecule has 0 N–H and O–H groups in total. The van der Waals surface area contributed by atoms with Crippen LogP contribution in [0.15, 0.2) is 34.9 Å². The molecule has 0 saturated heterocycles. The summed E-state index contributed by atoms with van der Waals surface area (Å²) in [5.74, 6) is 0.158. The Morgan fingerprint density at radius 3 is 2.78 bits per heavy atom. The van der Waals surface area contributed by atoms with Gasteiger partial charge in [-0.15, -0.1) is 0 Å². The van der Waals surface area contributed by atoms with Gasteiger partial charge in [-0.05, 0) is 12.0 Å². The van der Waals surface area contributed by atoms with Crippen LogP contribution in [0, 0.1) is 0 Å². The maximum Gasteiger partial charge on any atom is 0.425 e. The fraction of sp³-hybridized carbons (Fsp3) is 0.308. The molecule has 1 aromatic heterocycles. The first-order chi connectivity index (χ1) is 8.78. The van der Waals surface area contributed by atoms with E-state index in [-0.39, 0.29) is 18.5 Å². The normalized spacial score (nSPS) is 10.3. The summed E-state index contributed by atoms with van der Waals surface area (Å²) in [4.78, 5) is 15.0. The van der Waals surface area contributed by atoms with Gasteiger partial charge in [0.05, 0.1) is 0 Å². The fourth-order valence-electron chi connectivity index (χ4n) is 1.45. The van der Waals surface area contributed by atoms with Crippen LogP contribution in [0.1, 0.15) is 24.7 Å². The monoisotopic (exact) mass is 246 g/mol. The van der Waals surface area contributed by atoms with E-state index in [0.717, 1.165) is 6.42 Å². The van der Waals surface area contributed by atoms with Crippen molar-refractivity contribution in [1.82, 2.24) is 10.1 Å². The van der Waals surface area contributed by atoms with Gasteiger partial charge in [0.1, 0.15) is 0 Å². The number of aromatic nitrogens is 2. The van der Waals surface area contributed by atoms with Gasteiger partial charge >= 0.3 is 12.0 Å². The van der Waals surface area contributed by atoms with Crippen LogP contribution in [0.25, 0.3) is 0 Å². The predicted octanol–water partition coefficient (Wildman–Crippen LogP) is 2.17. The summed E-state index contributed by atoms with van der Waals surface area (Å²) in [5, 5.41) is 3.76. The minimum absolute atomic E-state index is 0.0788. The molecule has 2 aromatic rings. The maximum absolute atomic E-state index is 11.0. The van der Waals surface area contributed by atoms with Gasteiger partial charge in [0.2, 0.25) is 0 Å². The molecule has 0 spiro atoms. The summed E-state index contributed by atoms with van der Waals surface area (Å²) in [7, 11) is 0. The first-order valence-corrected chi connectivity index (χ1v) is 5.85.